The summed E-state index contributed by atoms with van der Waals surface area (Å²) in [5, 5.41) is 2.67. The Morgan fingerprint density at radius 1 is 0.476 bits per heavy atom. The van der Waals surface area contributed by atoms with Crippen molar-refractivity contribution in [2.24, 2.45) is 0 Å². The molecule has 0 bridgehead atoms. The predicted molar refractivity (Wildman–Crippen MR) is 183 cm³/mol. The molecule has 0 atom stereocenters. The number of para-hydroxylation sites is 2. The Balaban J connectivity index is 1.42. The first-order valence-corrected chi connectivity index (χ1v) is 17.0. The molecule has 1 heteroatoms. The third-order valence-electron chi connectivity index (χ3n) is 10.0. The lowest BCUT2D eigenvalue weighted by molar-refractivity contribution is 0.398. The number of nitrogens with zero attached hydrogens (tertiary/aromatic N) is 1. The number of hydrogen-bond acceptors (Lipinski definition) is 0. The van der Waals surface area contributed by atoms with Gasteiger partial charge in [-0.3, -0.25) is 0 Å². The van der Waals surface area contributed by atoms with Gasteiger partial charge >= 0.3 is 0 Å². The zero-order chi connectivity index (χ0) is 28.8. The Morgan fingerprint density at radius 2 is 0.976 bits per heavy atom. The van der Waals surface area contributed by atoms with Crippen LogP contribution in [0.5, 0.6) is 0 Å². The maximum Gasteiger partial charge on any atom is 0.0541 e. The fraction of sp³-hybridized carbons (Fsp3) is 0.415. The molecule has 0 spiro atoms. The van der Waals surface area contributed by atoms with Crippen molar-refractivity contribution in [3.8, 4) is 16.8 Å². The summed E-state index contributed by atoms with van der Waals surface area (Å²) >= 11 is 0. The van der Waals surface area contributed by atoms with Crippen molar-refractivity contribution in [1.82, 2.24) is 4.57 Å². The van der Waals surface area contributed by atoms with Crippen LogP contribution in [0.2, 0.25) is 0 Å². The lowest BCUT2D eigenvalue weighted by Gasteiger charge is -2.33. The first kappa shape index (κ1) is 28.8. The Bertz CT molecular complexity index is 1550. The van der Waals surface area contributed by atoms with Crippen molar-refractivity contribution >= 4 is 21.8 Å². The Labute approximate surface area is 254 Å². The van der Waals surface area contributed by atoms with E-state index < -0.39 is 0 Å². The van der Waals surface area contributed by atoms with E-state index in [2.05, 4.69) is 109 Å². The van der Waals surface area contributed by atoms with Crippen molar-refractivity contribution in [3.63, 3.8) is 0 Å². The van der Waals surface area contributed by atoms with Gasteiger partial charge in [0.2, 0.25) is 0 Å². The number of rotatable bonds is 15. The molecule has 218 valence electrons. The van der Waals surface area contributed by atoms with E-state index in [1.165, 1.54) is 129 Å². The number of aromatic nitrogens is 1. The van der Waals surface area contributed by atoms with Crippen molar-refractivity contribution in [1.29, 1.82) is 0 Å². The minimum atomic E-state index is 0.107. The van der Waals surface area contributed by atoms with Crippen molar-refractivity contribution in [3.05, 3.63) is 102 Å². The summed E-state index contributed by atoms with van der Waals surface area (Å²) in [5.41, 5.74) is 10.1. The molecule has 1 nitrogen and oxygen atoms in total. The molecule has 0 N–H and O–H groups in total. The molecule has 1 aliphatic carbocycles. The third-order valence-corrected chi connectivity index (χ3v) is 10.0. The largest absolute Gasteiger partial charge is 0.309 e. The van der Waals surface area contributed by atoms with E-state index in [1.54, 1.807) is 11.1 Å². The van der Waals surface area contributed by atoms with E-state index in [0.29, 0.717) is 0 Å². The van der Waals surface area contributed by atoms with E-state index in [0.717, 1.165) is 0 Å². The van der Waals surface area contributed by atoms with Crippen LogP contribution in [-0.4, -0.2) is 4.57 Å². The van der Waals surface area contributed by atoms with Gasteiger partial charge in [-0.05, 0) is 59.4 Å². The summed E-state index contributed by atoms with van der Waals surface area (Å²) < 4.78 is 2.51. The van der Waals surface area contributed by atoms with Crippen LogP contribution in [0.3, 0.4) is 0 Å². The molecule has 0 radical (unpaired) electrons. The minimum absolute atomic E-state index is 0.107. The molecule has 6 rings (SSSR count). The molecule has 1 aromatic heterocycles. The van der Waals surface area contributed by atoms with Gasteiger partial charge in [0.15, 0.2) is 0 Å². The second-order valence-electron chi connectivity index (χ2n) is 12.8. The molecule has 5 aromatic rings. The second-order valence-corrected chi connectivity index (χ2v) is 12.8. The van der Waals surface area contributed by atoms with Crippen LogP contribution in [-0.2, 0) is 5.41 Å². The second kappa shape index (κ2) is 13.3. The average molecular weight is 556 g/mol. The highest BCUT2D eigenvalue weighted by Gasteiger charge is 2.42. The molecule has 1 heterocycles. The van der Waals surface area contributed by atoms with Crippen LogP contribution in [0, 0.1) is 0 Å². The number of fused-ring (bicyclic) bond motifs is 6. The summed E-state index contributed by atoms with van der Waals surface area (Å²) in [5.74, 6) is 0. The van der Waals surface area contributed by atoms with Gasteiger partial charge in [0.05, 0.1) is 11.0 Å². The van der Waals surface area contributed by atoms with E-state index in [4.69, 9.17) is 0 Å². The number of unbranched alkanes of at least 4 members (excludes halogenated alkanes) is 10. The van der Waals surface area contributed by atoms with Gasteiger partial charge < -0.3 is 4.57 Å². The van der Waals surface area contributed by atoms with Crippen LogP contribution < -0.4 is 0 Å². The van der Waals surface area contributed by atoms with Crippen LogP contribution in [0.1, 0.15) is 115 Å². The molecule has 0 saturated carbocycles. The summed E-state index contributed by atoms with van der Waals surface area (Å²) in [6, 6.07) is 34.6. The number of hydrogen-bond donors (Lipinski definition) is 0. The Kier molecular flexibility index (Phi) is 9.13. The van der Waals surface area contributed by atoms with Gasteiger partial charge in [0.25, 0.3) is 0 Å². The summed E-state index contributed by atoms with van der Waals surface area (Å²) in [6.07, 6.45) is 18.7. The van der Waals surface area contributed by atoms with E-state index in [9.17, 15) is 0 Å². The average Bonchev–Trinajstić information content (AvgIpc) is 3.51. The molecule has 4 aromatic carbocycles. The fourth-order valence-corrected chi connectivity index (χ4v) is 7.86. The smallest absolute Gasteiger partial charge is 0.0541 e. The maximum atomic E-state index is 2.59. The molecule has 1 aliphatic rings. The number of benzene rings is 4. The van der Waals surface area contributed by atoms with Gasteiger partial charge in [-0.1, -0.05) is 158 Å². The van der Waals surface area contributed by atoms with Gasteiger partial charge in [-0.25, -0.2) is 0 Å². The molecular formula is C41H49N. The lowest BCUT2D eigenvalue weighted by atomic mass is 9.70. The van der Waals surface area contributed by atoms with Gasteiger partial charge in [0, 0.05) is 21.9 Å². The molecule has 0 fully saturated rings. The maximum absolute atomic E-state index is 2.59. The lowest BCUT2D eigenvalue weighted by Crippen LogP contribution is -2.25. The topological polar surface area (TPSA) is 4.93 Å². The highest BCUT2D eigenvalue weighted by atomic mass is 15.0. The molecule has 0 amide bonds. The standard InChI is InChI=1S/C41H49N/c1-3-5-7-9-11-19-29-41(30-20-12-10-8-6-4-2)37-24-16-13-21-33(37)34-28-27-32(31-38(34)41)42-39-25-17-14-22-35(39)36-23-15-18-26-40(36)42/h13-18,21-28,31H,3-12,19-20,29-30H2,1-2H3. The normalized spacial score (nSPS) is 13.6. The highest BCUT2D eigenvalue weighted by Crippen LogP contribution is 2.54. The van der Waals surface area contributed by atoms with Gasteiger partial charge in [-0.15, -0.1) is 0 Å². The molecule has 0 aliphatic heterocycles. The van der Waals surface area contributed by atoms with Crippen molar-refractivity contribution < 1.29 is 0 Å². The van der Waals surface area contributed by atoms with Crippen LogP contribution in [0.4, 0.5) is 0 Å². The van der Waals surface area contributed by atoms with Crippen molar-refractivity contribution in [2.75, 3.05) is 0 Å². The highest BCUT2D eigenvalue weighted by molar-refractivity contribution is 6.09. The summed E-state index contributed by atoms with van der Waals surface area (Å²) in [7, 11) is 0. The SMILES string of the molecule is CCCCCCCCC1(CCCCCCCC)c2ccccc2-c2ccc(-n3c4ccccc4c4ccccc43)cc21. The van der Waals surface area contributed by atoms with E-state index in [-0.39, 0.29) is 5.41 Å². The minimum Gasteiger partial charge on any atom is -0.309 e. The van der Waals surface area contributed by atoms with Gasteiger partial charge in [0.1, 0.15) is 0 Å². The molecule has 0 unspecified atom stereocenters. The van der Waals surface area contributed by atoms with Crippen LogP contribution in [0.15, 0.2) is 91.0 Å². The quantitative estimate of drug-likeness (QED) is 0.113. The first-order valence-electron chi connectivity index (χ1n) is 17.0. The predicted octanol–water partition coefficient (Wildman–Crippen LogP) is 12.6. The van der Waals surface area contributed by atoms with E-state index >= 15 is 0 Å². The van der Waals surface area contributed by atoms with Crippen LogP contribution >= 0.6 is 0 Å². The summed E-state index contributed by atoms with van der Waals surface area (Å²) in [6.45, 7) is 4.63. The monoisotopic (exact) mass is 555 g/mol. The molecule has 42 heavy (non-hydrogen) atoms. The van der Waals surface area contributed by atoms with E-state index in [1.807, 2.05) is 0 Å². The van der Waals surface area contributed by atoms with Crippen LogP contribution in [0.25, 0.3) is 38.6 Å². The Morgan fingerprint density at radius 3 is 1.60 bits per heavy atom. The summed E-state index contributed by atoms with van der Waals surface area (Å²) in [4.78, 5) is 0. The van der Waals surface area contributed by atoms with Gasteiger partial charge in [-0.2, -0.15) is 0 Å². The zero-order valence-corrected chi connectivity index (χ0v) is 26.0. The first-order chi connectivity index (χ1) is 20.8. The van der Waals surface area contributed by atoms with Crippen molar-refractivity contribution in [2.45, 2.75) is 109 Å². The third kappa shape index (κ3) is 5.44. The zero-order valence-electron chi connectivity index (χ0n) is 26.0. The molecular weight excluding hydrogens is 506 g/mol. The fourth-order valence-electron chi connectivity index (χ4n) is 7.86. The Hall–Kier alpha value is -3.32. The molecule has 0 saturated heterocycles.